The third kappa shape index (κ3) is 3.47. The molecule has 1 aromatic heterocycles. The second-order valence-electron chi connectivity index (χ2n) is 3.42. The van der Waals surface area contributed by atoms with Crippen LogP contribution in [0.3, 0.4) is 0 Å². The van der Waals surface area contributed by atoms with Gasteiger partial charge in [0, 0.05) is 6.54 Å². The van der Waals surface area contributed by atoms with Gasteiger partial charge in [0.15, 0.2) is 0 Å². The van der Waals surface area contributed by atoms with Crippen molar-refractivity contribution in [2.75, 3.05) is 13.1 Å². The van der Waals surface area contributed by atoms with E-state index in [0.717, 1.165) is 9.35 Å². The highest BCUT2D eigenvalue weighted by Crippen LogP contribution is 2.32. The molecule has 0 aliphatic carbocycles. The van der Waals surface area contributed by atoms with Crippen molar-refractivity contribution < 1.29 is 8.42 Å². The quantitative estimate of drug-likeness (QED) is 0.820. The fraction of sp³-hybridized carbons (Fsp3) is 0.444. The molecular formula is C9H13BrN2O2S3. The third-order valence-corrected chi connectivity index (χ3v) is 6.75. The lowest BCUT2D eigenvalue weighted by Gasteiger charge is -2.18. The van der Waals surface area contributed by atoms with Crippen molar-refractivity contribution in [2.24, 2.45) is 5.73 Å². The van der Waals surface area contributed by atoms with Crippen LogP contribution in [0.25, 0.3) is 0 Å². The van der Waals surface area contributed by atoms with Crippen molar-refractivity contribution in [1.29, 1.82) is 0 Å². The van der Waals surface area contributed by atoms with Gasteiger partial charge in [-0.05, 0) is 34.5 Å². The van der Waals surface area contributed by atoms with Gasteiger partial charge in [0.05, 0.1) is 15.3 Å². The van der Waals surface area contributed by atoms with Crippen LogP contribution in [-0.4, -0.2) is 30.8 Å². The van der Waals surface area contributed by atoms with Crippen molar-refractivity contribution in [3.8, 4) is 0 Å². The molecule has 1 rings (SSSR count). The van der Waals surface area contributed by atoms with Gasteiger partial charge in [0.1, 0.15) is 4.21 Å². The first-order chi connectivity index (χ1) is 7.78. The zero-order valence-electron chi connectivity index (χ0n) is 9.44. The van der Waals surface area contributed by atoms with Gasteiger partial charge in [-0.1, -0.05) is 19.1 Å². The third-order valence-electron chi connectivity index (χ3n) is 2.11. The van der Waals surface area contributed by atoms with Crippen LogP contribution >= 0.6 is 39.5 Å². The molecule has 0 spiro atoms. The van der Waals surface area contributed by atoms with Crippen LogP contribution < -0.4 is 5.73 Å². The molecule has 0 aliphatic rings. The second kappa shape index (κ2) is 5.75. The zero-order valence-corrected chi connectivity index (χ0v) is 13.5. The maximum Gasteiger partial charge on any atom is 0.252 e. The largest absolute Gasteiger partial charge is 0.392 e. The van der Waals surface area contributed by atoms with Gasteiger partial charge in [0.2, 0.25) is 0 Å². The standard InChI is InChI=1S/C9H13BrN2O2S3/c1-3-12(5-7(11)15)17(13,14)8-4-6(2)9(10)16-8/h4H,3,5H2,1-2H3,(H2,11,15). The van der Waals surface area contributed by atoms with Crippen molar-refractivity contribution >= 4 is 54.5 Å². The Kier molecular flexibility index (Phi) is 5.08. The Morgan fingerprint density at radius 3 is 2.59 bits per heavy atom. The first-order valence-corrected chi connectivity index (χ1v) is 8.29. The molecule has 0 saturated heterocycles. The fourth-order valence-electron chi connectivity index (χ4n) is 1.23. The predicted molar refractivity (Wildman–Crippen MR) is 78.0 cm³/mol. The first-order valence-electron chi connectivity index (χ1n) is 4.83. The van der Waals surface area contributed by atoms with Crippen LogP contribution in [0.4, 0.5) is 0 Å². The number of hydrogen-bond acceptors (Lipinski definition) is 4. The maximum absolute atomic E-state index is 12.3. The van der Waals surface area contributed by atoms with E-state index in [4.69, 9.17) is 18.0 Å². The van der Waals surface area contributed by atoms with Gasteiger partial charge in [-0.3, -0.25) is 0 Å². The minimum atomic E-state index is -3.49. The number of nitrogens with two attached hydrogens (primary N) is 1. The van der Waals surface area contributed by atoms with Crippen molar-refractivity contribution in [1.82, 2.24) is 4.31 Å². The Bertz CT molecular complexity index is 505. The molecule has 0 aliphatic heterocycles. The smallest absolute Gasteiger partial charge is 0.252 e. The summed E-state index contributed by atoms with van der Waals surface area (Å²) >= 11 is 9.26. The number of aryl methyl sites for hydroxylation is 1. The minimum Gasteiger partial charge on any atom is -0.392 e. The summed E-state index contributed by atoms with van der Waals surface area (Å²) in [5.41, 5.74) is 6.30. The van der Waals surface area contributed by atoms with E-state index in [1.807, 2.05) is 6.92 Å². The van der Waals surface area contributed by atoms with Crippen LogP contribution in [0.5, 0.6) is 0 Å². The highest BCUT2D eigenvalue weighted by atomic mass is 79.9. The number of halogens is 1. The molecule has 1 heterocycles. The topological polar surface area (TPSA) is 63.4 Å². The average Bonchev–Trinajstić information content (AvgIpc) is 2.56. The molecule has 0 atom stereocenters. The Morgan fingerprint density at radius 2 is 2.24 bits per heavy atom. The molecule has 0 saturated carbocycles. The summed E-state index contributed by atoms with van der Waals surface area (Å²) in [6.45, 7) is 4.02. The van der Waals surface area contributed by atoms with Crippen molar-refractivity contribution in [2.45, 2.75) is 18.1 Å². The van der Waals surface area contributed by atoms with E-state index in [1.54, 1.807) is 13.0 Å². The van der Waals surface area contributed by atoms with Gasteiger partial charge in [-0.15, -0.1) is 11.3 Å². The first kappa shape index (κ1) is 15.0. The van der Waals surface area contributed by atoms with Gasteiger partial charge in [-0.2, -0.15) is 4.31 Å². The maximum atomic E-state index is 12.3. The van der Waals surface area contributed by atoms with E-state index in [1.165, 1.54) is 15.6 Å². The lowest BCUT2D eigenvalue weighted by Crippen LogP contribution is -2.37. The molecule has 0 unspecified atom stereocenters. The lowest BCUT2D eigenvalue weighted by molar-refractivity contribution is 0.469. The normalized spacial score (nSPS) is 12.0. The number of thiocarbonyl (C=S) groups is 1. The Morgan fingerprint density at radius 1 is 1.65 bits per heavy atom. The summed E-state index contributed by atoms with van der Waals surface area (Å²) in [5, 5.41) is 0. The van der Waals surface area contributed by atoms with E-state index in [2.05, 4.69) is 15.9 Å². The van der Waals surface area contributed by atoms with Crippen LogP contribution in [0, 0.1) is 6.92 Å². The molecule has 0 bridgehead atoms. The monoisotopic (exact) mass is 356 g/mol. The van der Waals surface area contributed by atoms with Crippen molar-refractivity contribution in [3.05, 3.63) is 15.4 Å². The van der Waals surface area contributed by atoms with Crippen LogP contribution in [0.15, 0.2) is 14.1 Å². The second-order valence-corrected chi connectivity index (χ2v) is 8.48. The van der Waals surface area contributed by atoms with Gasteiger partial charge in [-0.25, -0.2) is 8.42 Å². The lowest BCUT2D eigenvalue weighted by atomic mass is 10.4. The van der Waals surface area contributed by atoms with Gasteiger partial charge in [0.25, 0.3) is 10.0 Å². The number of sulfonamides is 1. The highest BCUT2D eigenvalue weighted by molar-refractivity contribution is 9.11. The van der Waals surface area contributed by atoms with E-state index in [9.17, 15) is 8.42 Å². The number of nitrogens with zero attached hydrogens (tertiary/aromatic N) is 1. The van der Waals surface area contributed by atoms with Crippen LogP contribution in [0.2, 0.25) is 0 Å². The number of rotatable bonds is 5. The number of thiophene rings is 1. The van der Waals surface area contributed by atoms with Crippen LogP contribution in [-0.2, 0) is 10.0 Å². The summed E-state index contributed by atoms with van der Waals surface area (Å²) in [5.74, 6) is 0. The molecule has 17 heavy (non-hydrogen) atoms. The van der Waals surface area contributed by atoms with Crippen molar-refractivity contribution in [3.63, 3.8) is 0 Å². The van der Waals surface area contributed by atoms with E-state index in [-0.39, 0.29) is 11.5 Å². The predicted octanol–water partition coefficient (Wildman–Crippen LogP) is 2.12. The molecule has 0 aromatic carbocycles. The molecule has 4 nitrogen and oxygen atoms in total. The molecule has 96 valence electrons. The van der Waals surface area contributed by atoms with E-state index >= 15 is 0 Å². The molecule has 8 heteroatoms. The molecule has 0 radical (unpaired) electrons. The average molecular weight is 357 g/mol. The molecule has 1 aromatic rings. The molecule has 2 N–H and O–H groups in total. The molecule has 0 fully saturated rings. The molecule has 0 amide bonds. The summed E-state index contributed by atoms with van der Waals surface area (Å²) in [6, 6.07) is 1.65. The summed E-state index contributed by atoms with van der Waals surface area (Å²) < 4.78 is 26.9. The Hall–Kier alpha value is -0.0200. The van der Waals surface area contributed by atoms with E-state index in [0.29, 0.717) is 10.8 Å². The van der Waals surface area contributed by atoms with Gasteiger partial charge < -0.3 is 5.73 Å². The minimum absolute atomic E-state index is 0.0722. The highest BCUT2D eigenvalue weighted by Gasteiger charge is 2.25. The Balaban J connectivity index is 3.12. The SMILES string of the molecule is CCN(CC(N)=S)S(=O)(=O)c1cc(C)c(Br)s1. The van der Waals surface area contributed by atoms with Gasteiger partial charge >= 0.3 is 0 Å². The van der Waals surface area contributed by atoms with E-state index < -0.39 is 10.0 Å². The summed E-state index contributed by atoms with van der Waals surface area (Å²) in [7, 11) is -3.49. The fourth-order valence-corrected chi connectivity index (χ4v) is 5.27. The van der Waals surface area contributed by atoms with Crippen LogP contribution in [0.1, 0.15) is 12.5 Å². The Labute approximate surface area is 119 Å². The zero-order chi connectivity index (χ0) is 13.2. The summed E-state index contributed by atoms with van der Waals surface area (Å²) in [6.07, 6.45) is 0. The molecular weight excluding hydrogens is 344 g/mol. The number of likely N-dealkylation sites (N-methyl/N-ethyl adjacent to an activating group) is 1. The summed E-state index contributed by atoms with van der Waals surface area (Å²) in [4.78, 5) is 0.169. The number of hydrogen-bond donors (Lipinski definition) is 1.